The van der Waals surface area contributed by atoms with Crippen LogP contribution in [0.3, 0.4) is 0 Å². The molecule has 2 aliphatic rings. The number of nitriles is 1. The molecular formula is C26H28N6O4S2. The third kappa shape index (κ3) is 5.21. The molecule has 0 saturated heterocycles. The lowest BCUT2D eigenvalue weighted by Crippen LogP contribution is -2.33. The highest BCUT2D eigenvalue weighted by Crippen LogP contribution is 2.38. The van der Waals surface area contributed by atoms with E-state index in [9.17, 15) is 14.9 Å². The zero-order valence-electron chi connectivity index (χ0n) is 21.4. The van der Waals surface area contributed by atoms with Gasteiger partial charge in [-0.25, -0.2) is 0 Å². The van der Waals surface area contributed by atoms with Gasteiger partial charge in [0.05, 0.1) is 17.4 Å². The van der Waals surface area contributed by atoms with Crippen molar-refractivity contribution in [3.05, 3.63) is 45.6 Å². The zero-order chi connectivity index (χ0) is 26.8. The highest BCUT2D eigenvalue weighted by molar-refractivity contribution is 7.99. The maximum atomic E-state index is 13.0. The molecular weight excluding hydrogens is 524 g/mol. The van der Waals surface area contributed by atoms with E-state index in [2.05, 4.69) is 26.9 Å². The topological polar surface area (TPSA) is 131 Å². The minimum absolute atomic E-state index is 0.0336. The number of carbonyl (C=O) groups excluding carboxylic acids is 2. The van der Waals surface area contributed by atoms with Crippen molar-refractivity contribution in [2.24, 2.45) is 13.0 Å². The molecule has 2 N–H and O–H groups in total. The minimum atomic E-state index is -0.399. The van der Waals surface area contributed by atoms with E-state index in [0.717, 1.165) is 31.2 Å². The van der Waals surface area contributed by atoms with Crippen molar-refractivity contribution >= 4 is 39.9 Å². The Kier molecular flexibility index (Phi) is 7.58. The number of ether oxygens (including phenoxy) is 2. The van der Waals surface area contributed by atoms with Crippen molar-refractivity contribution in [2.75, 3.05) is 17.9 Å². The fourth-order valence-electron chi connectivity index (χ4n) is 4.58. The molecule has 198 valence electrons. The normalized spacial score (nSPS) is 14.6. The van der Waals surface area contributed by atoms with Crippen LogP contribution >= 0.6 is 23.1 Å². The van der Waals surface area contributed by atoms with Crippen molar-refractivity contribution in [3.63, 3.8) is 0 Å². The molecule has 1 aromatic carbocycles. The van der Waals surface area contributed by atoms with Gasteiger partial charge in [-0.15, -0.1) is 21.5 Å². The largest absolute Gasteiger partial charge is 0.454 e. The van der Waals surface area contributed by atoms with Crippen molar-refractivity contribution < 1.29 is 19.1 Å². The van der Waals surface area contributed by atoms with Gasteiger partial charge in [-0.1, -0.05) is 25.6 Å². The molecule has 5 rings (SSSR count). The molecule has 0 radical (unpaired) electrons. The van der Waals surface area contributed by atoms with Crippen LogP contribution in [0.1, 0.15) is 64.9 Å². The second-order valence-electron chi connectivity index (χ2n) is 9.53. The minimum Gasteiger partial charge on any atom is -0.454 e. The van der Waals surface area contributed by atoms with Gasteiger partial charge in [-0.2, -0.15) is 5.26 Å². The number of aryl methyl sites for hydroxylation is 1. The van der Waals surface area contributed by atoms with Gasteiger partial charge in [0.15, 0.2) is 22.5 Å². The average molecular weight is 553 g/mol. The molecule has 1 unspecified atom stereocenters. The van der Waals surface area contributed by atoms with Gasteiger partial charge in [0.1, 0.15) is 11.1 Å². The van der Waals surface area contributed by atoms with Crippen LogP contribution in [0.2, 0.25) is 0 Å². The first-order chi connectivity index (χ1) is 18.4. The van der Waals surface area contributed by atoms with Gasteiger partial charge in [-0.05, 0) is 55.4 Å². The number of thioether (sulfide) groups is 1. The summed E-state index contributed by atoms with van der Waals surface area (Å²) in [4.78, 5) is 27.0. The molecule has 0 bridgehead atoms. The molecule has 12 heteroatoms. The fourth-order valence-corrected chi connectivity index (χ4v) is 6.55. The van der Waals surface area contributed by atoms with E-state index in [4.69, 9.17) is 9.47 Å². The number of nitrogens with zero attached hydrogens (tertiary/aromatic N) is 4. The summed E-state index contributed by atoms with van der Waals surface area (Å²) in [7, 11) is 1.82. The van der Waals surface area contributed by atoms with E-state index in [1.54, 1.807) is 22.8 Å². The van der Waals surface area contributed by atoms with E-state index >= 15 is 0 Å². The van der Waals surface area contributed by atoms with E-state index < -0.39 is 6.04 Å². The first-order valence-electron chi connectivity index (χ1n) is 12.4. The van der Waals surface area contributed by atoms with Crippen LogP contribution in [0.25, 0.3) is 0 Å². The number of nitrogens with one attached hydrogen (secondary N) is 2. The van der Waals surface area contributed by atoms with Crippen LogP contribution in [0, 0.1) is 17.2 Å². The number of benzene rings is 1. The fraction of sp³-hybridized carbons (Fsp3) is 0.423. The maximum absolute atomic E-state index is 13.0. The Labute approximate surface area is 228 Å². The Morgan fingerprint density at radius 3 is 2.79 bits per heavy atom. The number of aromatic nitrogens is 3. The number of amides is 2. The summed E-state index contributed by atoms with van der Waals surface area (Å²) in [6.45, 7) is 4.13. The van der Waals surface area contributed by atoms with Crippen LogP contribution < -0.4 is 20.1 Å². The summed E-state index contributed by atoms with van der Waals surface area (Å²) in [6, 6.07) is 6.94. The second-order valence-corrected chi connectivity index (χ2v) is 11.6. The molecule has 0 spiro atoms. The number of anilines is 1. The Bertz CT molecular complexity index is 1420. The molecule has 2 amide bonds. The lowest BCUT2D eigenvalue weighted by Gasteiger charge is -2.21. The molecule has 3 aromatic rings. The molecule has 1 aliphatic carbocycles. The highest BCUT2D eigenvalue weighted by atomic mass is 32.2. The third-order valence-corrected chi connectivity index (χ3v) is 8.83. The first-order valence-corrected chi connectivity index (χ1v) is 14.2. The Hall–Kier alpha value is -3.56. The predicted octanol–water partition coefficient (Wildman–Crippen LogP) is 4.21. The Morgan fingerprint density at radius 1 is 1.21 bits per heavy atom. The lowest BCUT2D eigenvalue weighted by atomic mass is 9.96. The standard InChI is InChI=1S/C26H28N6O4S2/c1-14(2)22(29-24(34)15-8-9-18-19(10-15)36-13-35-18)23-30-31-26(32(23)3)37-12-21(33)28-25-17(11-27)16-6-4-5-7-20(16)38-25/h8-10,14,22H,4-7,12-13H2,1-3H3,(H,28,33)(H,29,34). The Morgan fingerprint density at radius 2 is 2.00 bits per heavy atom. The number of rotatable bonds is 8. The Balaban J connectivity index is 1.24. The third-order valence-electron chi connectivity index (χ3n) is 6.60. The quantitative estimate of drug-likeness (QED) is 0.397. The molecule has 10 nitrogen and oxygen atoms in total. The van der Waals surface area contributed by atoms with Crippen LogP contribution in [-0.4, -0.2) is 39.1 Å². The van der Waals surface area contributed by atoms with Gasteiger partial charge in [0.2, 0.25) is 12.7 Å². The molecule has 2 aromatic heterocycles. The van der Waals surface area contributed by atoms with Gasteiger partial charge >= 0.3 is 0 Å². The van der Waals surface area contributed by atoms with Crippen LogP contribution in [0.15, 0.2) is 23.4 Å². The number of hydrogen-bond donors (Lipinski definition) is 2. The van der Waals surface area contributed by atoms with E-state index in [0.29, 0.717) is 38.6 Å². The van der Waals surface area contributed by atoms with Crippen molar-refractivity contribution in [2.45, 2.75) is 50.7 Å². The number of hydrogen-bond acceptors (Lipinski definition) is 9. The van der Waals surface area contributed by atoms with Gasteiger partial charge < -0.3 is 24.7 Å². The molecule has 38 heavy (non-hydrogen) atoms. The van der Waals surface area contributed by atoms with E-state index in [1.807, 2.05) is 20.9 Å². The molecule has 0 saturated carbocycles. The van der Waals surface area contributed by atoms with Crippen LogP contribution in [-0.2, 0) is 24.7 Å². The monoisotopic (exact) mass is 552 g/mol. The smallest absolute Gasteiger partial charge is 0.252 e. The van der Waals surface area contributed by atoms with Crippen LogP contribution in [0.5, 0.6) is 11.5 Å². The molecule has 0 fully saturated rings. The number of thiophene rings is 1. The van der Waals surface area contributed by atoms with Crippen LogP contribution in [0.4, 0.5) is 5.00 Å². The summed E-state index contributed by atoms with van der Waals surface area (Å²) < 4.78 is 12.5. The van der Waals surface area contributed by atoms with Gasteiger partial charge in [-0.3, -0.25) is 9.59 Å². The van der Waals surface area contributed by atoms with Gasteiger partial charge in [0.25, 0.3) is 5.91 Å². The van der Waals surface area contributed by atoms with E-state index in [-0.39, 0.29) is 30.3 Å². The van der Waals surface area contributed by atoms with Gasteiger partial charge in [0, 0.05) is 17.5 Å². The average Bonchev–Trinajstić information content (AvgIpc) is 3.61. The van der Waals surface area contributed by atoms with Crippen molar-refractivity contribution in [3.8, 4) is 17.6 Å². The molecule has 1 aliphatic heterocycles. The SMILES string of the molecule is CC(C)C(NC(=O)c1ccc2c(c1)OCO2)c1nnc(SCC(=O)Nc2sc3c(c2C#N)CCCC3)n1C. The van der Waals surface area contributed by atoms with E-state index in [1.165, 1.54) is 28.0 Å². The first kappa shape index (κ1) is 26.1. The summed E-state index contributed by atoms with van der Waals surface area (Å²) in [5.74, 6) is 1.44. The summed E-state index contributed by atoms with van der Waals surface area (Å²) in [5.41, 5.74) is 2.15. The number of carbonyl (C=O) groups is 2. The zero-order valence-corrected chi connectivity index (χ0v) is 23.0. The predicted molar refractivity (Wildman–Crippen MR) is 144 cm³/mol. The molecule has 3 heterocycles. The maximum Gasteiger partial charge on any atom is 0.252 e. The van der Waals surface area contributed by atoms with Crippen molar-refractivity contribution in [1.29, 1.82) is 5.26 Å². The van der Waals surface area contributed by atoms with Crippen molar-refractivity contribution in [1.82, 2.24) is 20.1 Å². The lowest BCUT2D eigenvalue weighted by molar-refractivity contribution is -0.113. The number of fused-ring (bicyclic) bond motifs is 2. The molecule has 1 atom stereocenters. The summed E-state index contributed by atoms with van der Waals surface area (Å²) >= 11 is 2.77. The summed E-state index contributed by atoms with van der Waals surface area (Å²) in [6.07, 6.45) is 4.04. The summed E-state index contributed by atoms with van der Waals surface area (Å²) in [5, 5.41) is 25.4. The highest BCUT2D eigenvalue weighted by Gasteiger charge is 2.27. The second kappa shape index (κ2) is 11.0.